The summed E-state index contributed by atoms with van der Waals surface area (Å²) in [6.07, 6.45) is 2.88. The summed E-state index contributed by atoms with van der Waals surface area (Å²) in [6, 6.07) is 11.2. The van der Waals surface area contributed by atoms with Gasteiger partial charge in [-0.15, -0.1) is 0 Å². The van der Waals surface area contributed by atoms with E-state index in [0.29, 0.717) is 22.6 Å². The van der Waals surface area contributed by atoms with Crippen molar-refractivity contribution < 1.29 is 23.2 Å². The quantitative estimate of drug-likeness (QED) is 0.439. The monoisotopic (exact) mass is 436 g/mol. The van der Waals surface area contributed by atoms with E-state index in [-0.39, 0.29) is 24.0 Å². The zero-order valence-electron chi connectivity index (χ0n) is 16.9. The Kier molecular flexibility index (Phi) is 5.97. The molecule has 0 aliphatic carbocycles. The molecule has 162 valence electrons. The second kappa shape index (κ2) is 9.16. The highest BCUT2D eigenvalue weighted by Crippen LogP contribution is 2.25. The lowest BCUT2D eigenvalue weighted by Crippen LogP contribution is -2.20. The van der Waals surface area contributed by atoms with Crippen molar-refractivity contribution in [3.63, 3.8) is 0 Å². The van der Waals surface area contributed by atoms with Gasteiger partial charge in [0.05, 0.1) is 12.2 Å². The molecule has 0 fully saturated rings. The van der Waals surface area contributed by atoms with E-state index in [1.165, 1.54) is 31.5 Å². The Balaban J connectivity index is 1.63. The Morgan fingerprint density at radius 3 is 2.78 bits per heavy atom. The number of amides is 1. The second-order valence-electron chi connectivity index (χ2n) is 6.64. The largest absolute Gasteiger partial charge is 0.456 e. The summed E-state index contributed by atoms with van der Waals surface area (Å²) in [5, 5.41) is 11.0. The van der Waals surface area contributed by atoms with E-state index < -0.39 is 18.5 Å². The molecule has 10 nitrogen and oxygen atoms in total. The predicted octanol–water partition coefficient (Wildman–Crippen LogP) is 2.68. The van der Waals surface area contributed by atoms with Gasteiger partial charge in [-0.3, -0.25) is 14.3 Å². The summed E-state index contributed by atoms with van der Waals surface area (Å²) in [6.45, 7) is 0.927. The molecule has 32 heavy (non-hydrogen) atoms. The number of aromatic nitrogens is 5. The van der Waals surface area contributed by atoms with E-state index in [1.807, 2.05) is 0 Å². The molecular weight excluding hydrogens is 419 g/mol. The van der Waals surface area contributed by atoms with Crippen molar-refractivity contribution in [3.05, 3.63) is 66.3 Å². The fraction of sp³-hybridized carbons (Fsp3) is 0.143. The predicted molar refractivity (Wildman–Crippen MR) is 110 cm³/mol. The lowest BCUT2D eigenvalue weighted by molar-refractivity contribution is -0.144. The number of nitrogens with one attached hydrogen (secondary N) is 1. The molecule has 1 amide bonds. The Morgan fingerprint density at radius 2 is 2.03 bits per heavy atom. The van der Waals surface area contributed by atoms with Crippen LogP contribution in [0, 0.1) is 5.82 Å². The van der Waals surface area contributed by atoms with Crippen molar-refractivity contribution in [2.24, 2.45) is 0 Å². The third kappa shape index (κ3) is 4.83. The molecule has 3 aromatic heterocycles. The molecule has 1 N–H and O–H groups in total. The van der Waals surface area contributed by atoms with Crippen molar-refractivity contribution >= 4 is 17.7 Å². The summed E-state index contributed by atoms with van der Waals surface area (Å²) in [4.78, 5) is 31.2. The number of halogens is 1. The minimum atomic E-state index is -0.565. The number of benzene rings is 1. The number of ether oxygens (including phenoxy) is 1. The van der Waals surface area contributed by atoms with E-state index in [4.69, 9.17) is 4.52 Å². The zero-order chi connectivity index (χ0) is 22.5. The van der Waals surface area contributed by atoms with Gasteiger partial charge in [-0.25, -0.2) is 14.4 Å². The molecule has 0 unspecified atom stereocenters. The first-order chi connectivity index (χ1) is 15.5. The summed E-state index contributed by atoms with van der Waals surface area (Å²) in [5.74, 6) is -1.03. The highest BCUT2D eigenvalue weighted by molar-refractivity contribution is 5.91. The number of hydrogen-bond donors (Lipinski definition) is 1. The maximum Gasteiger partial charge on any atom is 0.303 e. The van der Waals surface area contributed by atoms with Gasteiger partial charge in [0, 0.05) is 24.8 Å². The number of hydrogen-bond acceptors (Lipinski definition) is 8. The van der Waals surface area contributed by atoms with Crippen LogP contribution in [0.15, 0.2) is 59.4 Å². The lowest BCUT2D eigenvalue weighted by Gasteiger charge is -2.06. The molecule has 0 saturated heterocycles. The summed E-state index contributed by atoms with van der Waals surface area (Å²) in [5.41, 5.74) is 1.91. The van der Waals surface area contributed by atoms with E-state index in [0.717, 1.165) is 0 Å². The maximum absolute atomic E-state index is 14.2. The molecule has 4 rings (SSSR count). The van der Waals surface area contributed by atoms with Crippen molar-refractivity contribution in [3.8, 4) is 22.9 Å². The Bertz CT molecular complexity index is 1250. The molecule has 0 radical (unpaired) electrons. The van der Waals surface area contributed by atoms with E-state index in [1.54, 1.807) is 35.0 Å². The van der Waals surface area contributed by atoms with Gasteiger partial charge in [0.2, 0.25) is 0 Å². The van der Waals surface area contributed by atoms with Crippen LogP contribution in [0.5, 0.6) is 0 Å². The van der Waals surface area contributed by atoms with Gasteiger partial charge in [-0.2, -0.15) is 5.10 Å². The normalized spacial score (nSPS) is 10.7. The standard InChI is InChI=1S/C21H17FN6O4/c1-13(29)31-12-20(30)24-19-6-8-23-21(25-19)17-10-18(16-7-9-32-27-16)28(26-17)11-14-4-2-3-5-15(14)22/h2-10H,11-12H2,1H3,(H,23,24,25,30). The number of esters is 1. The smallest absolute Gasteiger partial charge is 0.303 e. The highest BCUT2D eigenvalue weighted by Gasteiger charge is 2.17. The number of nitrogens with zero attached hydrogens (tertiary/aromatic N) is 5. The van der Waals surface area contributed by atoms with E-state index >= 15 is 0 Å². The number of rotatable bonds is 7. The Labute approximate surface area is 181 Å². The van der Waals surface area contributed by atoms with Crippen LogP contribution in [0.25, 0.3) is 22.9 Å². The minimum Gasteiger partial charge on any atom is -0.456 e. The number of anilines is 1. The van der Waals surface area contributed by atoms with E-state index in [9.17, 15) is 14.0 Å². The second-order valence-corrected chi connectivity index (χ2v) is 6.64. The third-order valence-electron chi connectivity index (χ3n) is 4.32. The molecule has 0 atom stereocenters. The Morgan fingerprint density at radius 1 is 1.19 bits per heavy atom. The van der Waals surface area contributed by atoms with Gasteiger partial charge < -0.3 is 14.6 Å². The molecule has 0 bridgehead atoms. The Hall–Kier alpha value is -4.41. The van der Waals surface area contributed by atoms with Gasteiger partial charge in [-0.05, 0) is 18.2 Å². The SMILES string of the molecule is CC(=O)OCC(=O)Nc1ccnc(-c2cc(-c3ccon3)n(Cc3ccccc3F)n2)n1. The van der Waals surface area contributed by atoms with Crippen molar-refractivity contribution in [2.75, 3.05) is 11.9 Å². The van der Waals surface area contributed by atoms with Crippen LogP contribution in [0.4, 0.5) is 10.2 Å². The summed E-state index contributed by atoms with van der Waals surface area (Å²) < 4.78 is 25.4. The molecule has 3 heterocycles. The molecule has 0 saturated carbocycles. The highest BCUT2D eigenvalue weighted by atomic mass is 19.1. The topological polar surface area (TPSA) is 125 Å². The fourth-order valence-electron chi connectivity index (χ4n) is 2.88. The van der Waals surface area contributed by atoms with Crippen LogP contribution in [-0.4, -0.2) is 43.4 Å². The van der Waals surface area contributed by atoms with Crippen LogP contribution >= 0.6 is 0 Å². The average molecular weight is 436 g/mol. The van der Waals surface area contributed by atoms with Crippen LogP contribution in [-0.2, 0) is 20.9 Å². The van der Waals surface area contributed by atoms with Gasteiger partial charge in [0.15, 0.2) is 12.4 Å². The number of carbonyl (C=O) groups is 2. The maximum atomic E-state index is 14.2. The van der Waals surface area contributed by atoms with Crippen LogP contribution in [0.2, 0.25) is 0 Å². The van der Waals surface area contributed by atoms with E-state index in [2.05, 4.69) is 30.3 Å². The van der Waals surface area contributed by atoms with Crippen LogP contribution < -0.4 is 5.32 Å². The fourth-order valence-corrected chi connectivity index (χ4v) is 2.88. The third-order valence-corrected chi connectivity index (χ3v) is 4.32. The molecule has 4 aromatic rings. The van der Waals surface area contributed by atoms with Gasteiger partial charge in [0.25, 0.3) is 5.91 Å². The summed E-state index contributed by atoms with van der Waals surface area (Å²) >= 11 is 0. The zero-order valence-corrected chi connectivity index (χ0v) is 16.9. The first-order valence-electron chi connectivity index (χ1n) is 9.48. The van der Waals surface area contributed by atoms with Gasteiger partial charge in [-0.1, -0.05) is 23.4 Å². The lowest BCUT2D eigenvalue weighted by atomic mass is 10.2. The van der Waals surface area contributed by atoms with Crippen molar-refractivity contribution in [1.82, 2.24) is 24.9 Å². The molecule has 0 aliphatic rings. The van der Waals surface area contributed by atoms with Gasteiger partial charge >= 0.3 is 5.97 Å². The van der Waals surface area contributed by atoms with Crippen LogP contribution in [0.1, 0.15) is 12.5 Å². The molecule has 11 heteroatoms. The number of carbonyl (C=O) groups excluding carboxylic acids is 2. The first-order valence-corrected chi connectivity index (χ1v) is 9.48. The minimum absolute atomic E-state index is 0.147. The average Bonchev–Trinajstić information content (AvgIpc) is 3.44. The van der Waals surface area contributed by atoms with Crippen LogP contribution in [0.3, 0.4) is 0 Å². The molecule has 1 aromatic carbocycles. The molecular formula is C21H17FN6O4. The molecule has 0 aliphatic heterocycles. The first kappa shape index (κ1) is 20.8. The molecule has 0 spiro atoms. The van der Waals surface area contributed by atoms with Crippen molar-refractivity contribution in [2.45, 2.75) is 13.5 Å². The summed E-state index contributed by atoms with van der Waals surface area (Å²) in [7, 11) is 0. The van der Waals surface area contributed by atoms with Gasteiger partial charge in [0.1, 0.15) is 29.3 Å². The van der Waals surface area contributed by atoms with Crippen molar-refractivity contribution in [1.29, 1.82) is 0 Å².